The van der Waals surface area contributed by atoms with Crippen LogP contribution in [0.1, 0.15) is 11.6 Å². The van der Waals surface area contributed by atoms with Gasteiger partial charge in [0.1, 0.15) is 5.82 Å². The number of hydrogen-bond donors (Lipinski definition) is 1. The molecule has 0 spiro atoms. The van der Waals surface area contributed by atoms with Gasteiger partial charge in [-0.15, -0.1) is 11.8 Å². The van der Waals surface area contributed by atoms with Crippen molar-refractivity contribution < 1.29 is 4.39 Å². The molecule has 5 heteroatoms. The molecule has 0 amide bonds. The summed E-state index contributed by atoms with van der Waals surface area (Å²) in [6, 6.07) is 9.22. The summed E-state index contributed by atoms with van der Waals surface area (Å²) in [6.45, 7) is 0. The lowest BCUT2D eigenvalue weighted by molar-refractivity contribution is 0.615. The Kier molecular flexibility index (Phi) is 4.74. The SMILES string of the molecule is NC(CSc1ccc(Br)cc1)c1cncc(F)c1. The molecule has 1 aromatic carbocycles. The predicted molar refractivity (Wildman–Crippen MR) is 76.0 cm³/mol. The van der Waals surface area contributed by atoms with E-state index in [0.717, 1.165) is 14.9 Å². The van der Waals surface area contributed by atoms with Gasteiger partial charge in [0.25, 0.3) is 0 Å². The minimum atomic E-state index is -0.350. The molecule has 0 saturated carbocycles. The van der Waals surface area contributed by atoms with Gasteiger partial charge < -0.3 is 5.73 Å². The molecule has 2 N–H and O–H groups in total. The van der Waals surface area contributed by atoms with Crippen LogP contribution in [-0.2, 0) is 0 Å². The second-order valence-corrected chi connectivity index (χ2v) is 5.82. The maximum Gasteiger partial charge on any atom is 0.141 e. The zero-order chi connectivity index (χ0) is 13.0. The van der Waals surface area contributed by atoms with Gasteiger partial charge in [-0.1, -0.05) is 15.9 Å². The van der Waals surface area contributed by atoms with E-state index in [4.69, 9.17) is 5.73 Å². The first-order valence-corrected chi connectivity index (χ1v) is 7.17. The monoisotopic (exact) mass is 326 g/mol. The number of benzene rings is 1. The summed E-state index contributed by atoms with van der Waals surface area (Å²) < 4.78 is 14.1. The third kappa shape index (κ3) is 3.80. The summed E-state index contributed by atoms with van der Waals surface area (Å²) in [7, 11) is 0. The molecule has 1 heterocycles. The fraction of sp³-hybridized carbons (Fsp3) is 0.154. The first-order chi connectivity index (χ1) is 8.65. The molecule has 2 nitrogen and oxygen atoms in total. The van der Waals surface area contributed by atoms with Crippen LogP contribution in [0.4, 0.5) is 4.39 Å². The van der Waals surface area contributed by atoms with Crippen molar-refractivity contribution in [2.45, 2.75) is 10.9 Å². The van der Waals surface area contributed by atoms with Crippen LogP contribution in [0.25, 0.3) is 0 Å². The van der Waals surface area contributed by atoms with Crippen LogP contribution in [0, 0.1) is 5.82 Å². The number of hydrogen-bond acceptors (Lipinski definition) is 3. The van der Waals surface area contributed by atoms with Crippen molar-refractivity contribution in [3.8, 4) is 0 Å². The van der Waals surface area contributed by atoms with E-state index in [-0.39, 0.29) is 11.9 Å². The molecular weight excluding hydrogens is 315 g/mol. The van der Waals surface area contributed by atoms with Crippen LogP contribution >= 0.6 is 27.7 Å². The minimum Gasteiger partial charge on any atom is -0.323 e. The van der Waals surface area contributed by atoms with Crippen molar-refractivity contribution in [2.75, 3.05) is 5.75 Å². The third-order valence-corrected chi connectivity index (χ3v) is 4.06. The Bertz CT molecular complexity index is 519. The number of rotatable bonds is 4. The highest BCUT2D eigenvalue weighted by Crippen LogP contribution is 2.24. The Morgan fingerprint density at radius 3 is 2.67 bits per heavy atom. The quantitative estimate of drug-likeness (QED) is 0.869. The number of nitrogens with two attached hydrogens (primary N) is 1. The maximum atomic E-state index is 13.0. The lowest BCUT2D eigenvalue weighted by atomic mass is 10.1. The van der Waals surface area contributed by atoms with E-state index in [9.17, 15) is 4.39 Å². The van der Waals surface area contributed by atoms with Crippen molar-refractivity contribution >= 4 is 27.7 Å². The van der Waals surface area contributed by atoms with Crippen molar-refractivity contribution in [1.82, 2.24) is 4.98 Å². The van der Waals surface area contributed by atoms with Gasteiger partial charge in [-0.2, -0.15) is 0 Å². The summed E-state index contributed by atoms with van der Waals surface area (Å²) in [5.41, 5.74) is 6.73. The van der Waals surface area contributed by atoms with Crippen molar-refractivity contribution in [1.29, 1.82) is 0 Å². The van der Waals surface area contributed by atoms with Crippen molar-refractivity contribution in [3.63, 3.8) is 0 Å². The van der Waals surface area contributed by atoms with E-state index in [1.165, 1.54) is 12.3 Å². The van der Waals surface area contributed by atoms with E-state index in [1.807, 2.05) is 24.3 Å². The van der Waals surface area contributed by atoms with Crippen LogP contribution in [0.15, 0.2) is 52.1 Å². The molecule has 0 aliphatic carbocycles. The molecule has 0 bridgehead atoms. The Balaban J connectivity index is 1.96. The fourth-order valence-corrected chi connectivity index (χ4v) is 2.60. The molecule has 18 heavy (non-hydrogen) atoms. The lowest BCUT2D eigenvalue weighted by Gasteiger charge is -2.11. The molecule has 0 radical (unpaired) electrons. The highest BCUT2D eigenvalue weighted by Gasteiger charge is 2.08. The van der Waals surface area contributed by atoms with E-state index in [0.29, 0.717) is 5.75 Å². The second-order valence-electron chi connectivity index (χ2n) is 3.81. The second kappa shape index (κ2) is 6.31. The van der Waals surface area contributed by atoms with Gasteiger partial charge in [0, 0.05) is 27.4 Å². The first kappa shape index (κ1) is 13.5. The van der Waals surface area contributed by atoms with E-state index >= 15 is 0 Å². The number of aromatic nitrogens is 1. The molecular formula is C13H12BrFN2S. The Labute approximate surface area is 118 Å². The zero-order valence-corrected chi connectivity index (χ0v) is 11.9. The van der Waals surface area contributed by atoms with Gasteiger partial charge in [0.05, 0.1) is 6.20 Å². The van der Waals surface area contributed by atoms with Gasteiger partial charge in [-0.05, 0) is 35.9 Å². The molecule has 1 atom stereocenters. The molecule has 0 aliphatic rings. The highest BCUT2D eigenvalue weighted by molar-refractivity contribution is 9.10. The highest BCUT2D eigenvalue weighted by atomic mass is 79.9. The molecule has 0 saturated heterocycles. The summed E-state index contributed by atoms with van der Waals surface area (Å²) in [5, 5.41) is 0. The number of pyridine rings is 1. The fourth-order valence-electron chi connectivity index (χ4n) is 1.44. The summed E-state index contributed by atoms with van der Waals surface area (Å²) in [4.78, 5) is 4.94. The molecule has 0 fully saturated rings. The molecule has 94 valence electrons. The van der Waals surface area contributed by atoms with Crippen molar-refractivity contribution in [2.24, 2.45) is 5.73 Å². The first-order valence-electron chi connectivity index (χ1n) is 5.39. The molecule has 2 rings (SSSR count). The van der Waals surface area contributed by atoms with E-state index in [2.05, 4.69) is 20.9 Å². The van der Waals surface area contributed by atoms with E-state index in [1.54, 1.807) is 18.0 Å². The van der Waals surface area contributed by atoms with Crippen LogP contribution in [0.3, 0.4) is 0 Å². The van der Waals surface area contributed by atoms with Gasteiger partial charge in [0.15, 0.2) is 0 Å². The minimum absolute atomic E-state index is 0.221. The van der Waals surface area contributed by atoms with Crippen LogP contribution in [-0.4, -0.2) is 10.7 Å². The van der Waals surface area contributed by atoms with Crippen molar-refractivity contribution in [3.05, 3.63) is 58.6 Å². The third-order valence-electron chi connectivity index (χ3n) is 2.40. The molecule has 0 aliphatic heterocycles. The summed E-state index contributed by atoms with van der Waals surface area (Å²) >= 11 is 5.03. The summed E-state index contributed by atoms with van der Waals surface area (Å²) in [5.74, 6) is 0.337. The molecule has 1 aromatic heterocycles. The largest absolute Gasteiger partial charge is 0.323 e. The van der Waals surface area contributed by atoms with Crippen LogP contribution in [0.5, 0.6) is 0 Å². The number of nitrogens with zero attached hydrogens (tertiary/aromatic N) is 1. The topological polar surface area (TPSA) is 38.9 Å². The Morgan fingerprint density at radius 1 is 1.28 bits per heavy atom. The average molecular weight is 327 g/mol. The maximum absolute atomic E-state index is 13.0. The van der Waals surface area contributed by atoms with Gasteiger partial charge >= 0.3 is 0 Å². The normalized spacial score (nSPS) is 12.4. The van der Waals surface area contributed by atoms with Crippen LogP contribution in [0.2, 0.25) is 0 Å². The zero-order valence-electron chi connectivity index (χ0n) is 9.51. The lowest BCUT2D eigenvalue weighted by Crippen LogP contribution is -2.13. The van der Waals surface area contributed by atoms with E-state index < -0.39 is 0 Å². The predicted octanol–water partition coefficient (Wildman–Crippen LogP) is 3.78. The number of halogens is 2. The molecule has 2 aromatic rings. The van der Waals surface area contributed by atoms with Gasteiger partial charge in [0.2, 0.25) is 0 Å². The van der Waals surface area contributed by atoms with Crippen LogP contribution < -0.4 is 5.73 Å². The summed E-state index contributed by atoms with van der Waals surface area (Å²) in [6.07, 6.45) is 2.79. The van der Waals surface area contributed by atoms with Gasteiger partial charge in [-0.3, -0.25) is 4.98 Å². The van der Waals surface area contributed by atoms with Gasteiger partial charge in [-0.25, -0.2) is 4.39 Å². The smallest absolute Gasteiger partial charge is 0.141 e. The average Bonchev–Trinajstić information content (AvgIpc) is 2.38. The molecule has 1 unspecified atom stereocenters. The number of thioether (sulfide) groups is 1. The standard InChI is InChI=1S/C13H12BrFN2S/c14-10-1-3-12(4-2-10)18-8-13(16)9-5-11(15)7-17-6-9/h1-7,13H,8,16H2. The Morgan fingerprint density at radius 2 is 2.00 bits per heavy atom. The Hall–Kier alpha value is -0.910.